The van der Waals surface area contributed by atoms with Gasteiger partial charge >= 0.3 is 0 Å². The van der Waals surface area contributed by atoms with Gasteiger partial charge in [-0.2, -0.15) is 0 Å². The number of hydrogen-bond donors (Lipinski definition) is 0. The van der Waals surface area contributed by atoms with E-state index < -0.39 is 0 Å². The number of hydrogen-bond acceptors (Lipinski definition) is 4. The average molecular weight is 319 g/mol. The maximum atomic E-state index is 12.9. The Balaban J connectivity index is 1.95. The van der Waals surface area contributed by atoms with Crippen LogP contribution in [0.15, 0.2) is 67.0 Å². The first kappa shape index (κ1) is 15.7. The van der Waals surface area contributed by atoms with Crippen LogP contribution in [0.3, 0.4) is 0 Å². The number of methoxy groups -OCH3 is 1. The fourth-order valence-electron chi connectivity index (χ4n) is 2.39. The van der Waals surface area contributed by atoms with E-state index in [2.05, 4.69) is 9.97 Å². The molecule has 0 spiro atoms. The predicted molar refractivity (Wildman–Crippen MR) is 93.2 cm³/mol. The Bertz CT molecular complexity index is 833. The third-order valence-electron chi connectivity index (χ3n) is 3.72. The van der Waals surface area contributed by atoms with Crippen LogP contribution in [0.25, 0.3) is 11.3 Å². The molecule has 24 heavy (non-hydrogen) atoms. The van der Waals surface area contributed by atoms with Crippen molar-refractivity contribution >= 4 is 11.6 Å². The van der Waals surface area contributed by atoms with Crippen molar-refractivity contribution in [2.45, 2.75) is 0 Å². The molecule has 0 N–H and O–H groups in total. The number of carbonyl (C=O) groups excluding carboxylic acids is 1. The van der Waals surface area contributed by atoms with E-state index in [0.29, 0.717) is 11.3 Å². The van der Waals surface area contributed by atoms with Gasteiger partial charge in [-0.05, 0) is 48.5 Å². The number of carbonyl (C=O) groups is 1. The smallest absolute Gasteiger partial charge is 0.277 e. The summed E-state index contributed by atoms with van der Waals surface area (Å²) in [5.41, 5.74) is 2.56. The first-order chi connectivity index (χ1) is 11.7. The van der Waals surface area contributed by atoms with Crippen LogP contribution in [0.5, 0.6) is 5.75 Å². The number of rotatable bonds is 4. The molecule has 0 radical (unpaired) electrons. The number of amides is 1. The van der Waals surface area contributed by atoms with Crippen LogP contribution in [0.1, 0.15) is 10.5 Å². The lowest BCUT2D eigenvalue weighted by molar-refractivity contribution is 0.0989. The summed E-state index contributed by atoms with van der Waals surface area (Å²) in [6.07, 6.45) is 3.31. The van der Waals surface area contributed by atoms with Crippen LogP contribution in [0.4, 0.5) is 5.69 Å². The summed E-state index contributed by atoms with van der Waals surface area (Å²) in [5, 5.41) is 0. The van der Waals surface area contributed by atoms with Crippen molar-refractivity contribution in [2.75, 3.05) is 19.1 Å². The molecule has 3 aromatic rings. The predicted octanol–water partition coefficient (Wildman–Crippen LogP) is 3.43. The van der Waals surface area contributed by atoms with Crippen molar-refractivity contribution in [3.63, 3.8) is 0 Å². The van der Waals surface area contributed by atoms with Gasteiger partial charge in [-0.15, -0.1) is 0 Å². The molecular weight excluding hydrogens is 302 g/mol. The number of pyridine rings is 2. The van der Waals surface area contributed by atoms with Crippen LogP contribution in [0.2, 0.25) is 0 Å². The van der Waals surface area contributed by atoms with E-state index in [1.807, 2.05) is 48.5 Å². The summed E-state index contributed by atoms with van der Waals surface area (Å²) in [4.78, 5) is 23.1. The highest BCUT2D eigenvalue weighted by molar-refractivity contribution is 6.08. The largest absolute Gasteiger partial charge is 0.497 e. The van der Waals surface area contributed by atoms with Gasteiger partial charge in [0.2, 0.25) is 0 Å². The molecule has 5 heteroatoms. The minimum absolute atomic E-state index is 0.193. The molecular formula is C19H17N3O2. The molecule has 1 amide bonds. The van der Waals surface area contributed by atoms with Crippen molar-refractivity contribution in [1.82, 2.24) is 9.97 Å². The Kier molecular flexibility index (Phi) is 4.52. The van der Waals surface area contributed by atoms with Crippen LogP contribution in [-0.2, 0) is 0 Å². The van der Waals surface area contributed by atoms with Crippen molar-refractivity contribution < 1.29 is 9.53 Å². The Morgan fingerprint density at radius 2 is 1.71 bits per heavy atom. The van der Waals surface area contributed by atoms with Crippen molar-refractivity contribution in [3.8, 4) is 17.0 Å². The Hall–Kier alpha value is -3.21. The molecule has 0 atom stereocenters. The molecule has 1 aromatic carbocycles. The van der Waals surface area contributed by atoms with Gasteiger partial charge in [0.25, 0.3) is 5.91 Å². The zero-order valence-corrected chi connectivity index (χ0v) is 13.5. The molecule has 0 saturated carbocycles. The van der Waals surface area contributed by atoms with Crippen LogP contribution >= 0.6 is 0 Å². The zero-order valence-electron chi connectivity index (χ0n) is 13.5. The number of anilines is 1. The summed E-state index contributed by atoms with van der Waals surface area (Å²) in [7, 11) is 3.33. The van der Waals surface area contributed by atoms with Gasteiger partial charge in [0, 0.05) is 30.7 Å². The monoisotopic (exact) mass is 319 g/mol. The maximum absolute atomic E-state index is 12.9. The topological polar surface area (TPSA) is 55.3 Å². The van der Waals surface area contributed by atoms with Gasteiger partial charge in [0.1, 0.15) is 11.4 Å². The lowest BCUT2D eigenvalue weighted by Crippen LogP contribution is -2.27. The third kappa shape index (κ3) is 3.10. The van der Waals surface area contributed by atoms with Gasteiger partial charge in [-0.25, -0.2) is 0 Å². The second-order valence-electron chi connectivity index (χ2n) is 5.18. The minimum atomic E-state index is -0.193. The number of aromatic nitrogens is 2. The Morgan fingerprint density at radius 3 is 2.38 bits per heavy atom. The fraction of sp³-hybridized carbons (Fsp3) is 0.105. The molecule has 120 valence electrons. The molecule has 0 unspecified atom stereocenters. The van der Waals surface area contributed by atoms with Crippen molar-refractivity contribution in [1.29, 1.82) is 0 Å². The van der Waals surface area contributed by atoms with Gasteiger partial charge in [0.15, 0.2) is 0 Å². The van der Waals surface area contributed by atoms with Crippen LogP contribution in [0, 0.1) is 0 Å². The second-order valence-corrected chi connectivity index (χ2v) is 5.18. The van der Waals surface area contributed by atoms with Crippen molar-refractivity contribution in [2.24, 2.45) is 0 Å². The molecule has 0 bridgehead atoms. The highest BCUT2D eigenvalue weighted by atomic mass is 16.5. The molecule has 5 nitrogen and oxygen atoms in total. The van der Waals surface area contributed by atoms with E-state index >= 15 is 0 Å². The zero-order chi connectivity index (χ0) is 16.9. The van der Waals surface area contributed by atoms with Gasteiger partial charge in [-0.1, -0.05) is 6.07 Å². The molecule has 0 fully saturated rings. The van der Waals surface area contributed by atoms with Crippen LogP contribution < -0.4 is 9.64 Å². The first-order valence-electron chi connectivity index (χ1n) is 7.49. The Morgan fingerprint density at radius 1 is 0.958 bits per heavy atom. The van der Waals surface area contributed by atoms with E-state index in [1.165, 1.54) is 0 Å². The van der Waals surface area contributed by atoms with Crippen molar-refractivity contribution in [3.05, 3.63) is 72.7 Å². The normalized spacial score (nSPS) is 10.2. The summed E-state index contributed by atoms with van der Waals surface area (Å²) in [5.74, 6) is 0.549. The summed E-state index contributed by atoms with van der Waals surface area (Å²) in [6, 6.07) is 16.5. The standard InChI is InChI=1S/C19H17N3O2/c1-22(14-8-10-15(24-2)11-9-14)19(23)18-16(6-5-13-21-18)17-7-3-4-12-20-17/h3-13H,1-2H3. The van der Waals surface area contributed by atoms with E-state index in [4.69, 9.17) is 4.74 Å². The minimum Gasteiger partial charge on any atom is -0.497 e. The molecule has 0 saturated heterocycles. The van der Waals surface area contributed by atoms with E-state index in [1.54, 1.807) is 37.5 Å². The highest BCUT2D eigenvalue weighted by Gasteiger charge is 2.19. The number of ether oxygens (including phenoxy) is 1. The lowest BCUT2D eigenvalue weighted by Gasteiger charge is -2.18. The molecule has 0 aliphatic heterocycles. The molecule has 2 aromatic heterocycles. The third-order valence-corrected chi connectivity index (χ3v) is 3.72. The SMILES string of the molecule is COc1ccc(N(C)C(=O)c2ncccc2-c2ccccn2)cc1. The summed E-state index contributed by atoms with van der Waals surface area (Å²) >= 11 is 0. The first-order valence-corrected chi connectivity index (χ1v) is 7.49. The van der Waals surface area contributed by atoms with E-state index in [9.17, 15) is 4.79 Å². The number of benzene rings is 1. The molecule has 2 heterocycles. The van der Waals surface area contributed by atoms with E-state index in [0.717, 1.165) is 17.1 Å². The maximum Gasteiger partial charge on any atom is 0.277 e. The molecule has 0 aliphatic carbocycles. The molecule has 0 aliphatic rings. The van der Waals surface area contributed by atoms with E-state index in [-0.39, 0.29) is 5.91 Å². The summed E-state index contributed by atoms with van der Waals surface area (Å²) < 4.78 is 5.15. The quantitative estimate of drug-likeness (QED) is 0.739. The fourth-order valence-corrected chi connectivity index (χ4v) is 2.39. The molecule has 3 rings (SSSR count). The van der Waals surface area contributed by atoms with Gasteiger partial charge in [0.05, 0.1) is 12.8 Å². The van der Waals surface area contributed by atoms with Gasteiger partial charge < -0.3 is 9.64 Å². The number of nitrogens with zero attached hydrogens (tertiary/aromatic N) is 3. The van der Waals surface area contributed by atoms with Crippen LogP contribution in [-0.4, -0.2) is 30.0 Å². The lowest BCUT2D eigenvalue weighted by atomic mass is 10.1. The second kappa shape index (κ2) is 6.91. The van der Waals surface area contributed by atoms with Gasteiger partial charge in [-0.3, -0.25) is 14.8 Å². The summed E-state index contributed by atoms with van der Waals surface area (Å²) in [6.45, 7) is 0. The Labute approximate surface area is 140 Å². The highest BCUT2D eigenvalue weighted by Crippen LogP contribution is 2.24. The average Bonchev–Trinajstić information content (AvgIpc) is 2.67.